The van der Waals surface area contributed by atoms with Gasteiger partial charge in [0.05, 0.1) is 10.5 Å². The van der Waals surface area contributed by atoms with Crippen molar-refractivity contribution in [3.63, 3.8) is 0 Å². The molecule has 34 heavy (non-hydrogen) atoms. The van der Waals surface area contributed by atoms with E-state index < -0.39 is 21.7 Å². The molecule has 9 heteroatoms. The summed E-state index contributed by atoms with van der Waals surface area (Å²) in [7, 11) is -3.89. The summed E-state index contributed by atoms with van der Waals surface area (Å²) in [6, 6.07) is 13.0. The molecule has 2 atom stereocenters. The van der Waals surface area contributed by atoms with Gasteiger partial charge in [-0.1, -0.05) is 36.9 Å². The third kappa shape index (κ3) is 5.20. The SMILES string of the molecule is C=CC(=O)NC1CC2CN(S(=O)(=O)c3ccc(C(=O)NCCc4ccccc4)c(F)c3)CC2C1. The van der Waals surface area contributed by atoms with Crippen LogP contribution in [0.25, 0.3) is 0 Å². The molecule has 1 saturated heterocycles. The van der Waals surface area contributed by atoms with E-state index in [0.29, 0.717) is 38.9 Å². The molecular formula is C25H28FN3O4S. The van der Waals surface area contributed by atoms with Gasteiger partial charge in [0.1, 0.15) is 5.82 Å². The first-order valence-electron chi connectivity index (χ1n) is 11.3. The summed E-state index contributed by atoms with van der Waals surface area (Å²) in [4.78, 5) is 23.7. The Bertz CT molecular complexity index is 1170. The zero-order chi connectivity index (χ0) is 24.3. The summed E-state index contributed by atoms with van der Waals surface area (Å²) in [6.07, 6.45) is 3.24. The third-order valence-electron chi connectivity index (χ3n) is 6.61. The van der Waals surface area contributed by atoms with E-state index in [4.69, 9.17) is 0 Å². The first-order valence-corrected chi connectivity index (χ1v) is 12.8. The highest BCUT2D eigenvalue weighted by Crippen LogP contribution is 2.40. The first-order chi connectivity index (χ1) is 16.3. The number of carbonyl (C=O) groups is 2. The van der Waals surface area contributed by atoms with Gasteiger partial charge in [-0.15, -0.1) is 0 Å². The van der Waals surface area contributed by atoms with Gasteiger partial charge in [0.25, 0.3) is 5.91 Å². The van der Waals surface area contributed by atoms with Gasteiger partial charge in [0.2, 0.25) is 15.9 Å². The van der Waals surface area contributed by atoms with Crippen LogP contribution in [0.2, 0.25) is 0 Å². The number of sulfonamides is 1. The lowest BCUT2D eigenvalue weighted by Gasteiger charge is -2.20. The van der Waals surface area contributed by atoms with Gasteiger partial charge < -0.3 is 10.6 Å². The molecule has 0 spiro atoms. The van der Waals surface area contributed by atoms with Crippen LogP contribution in [0, 0.1) is 17.7 Å². The van der Waals surface area contributed by atoms with Crippen LogP contribution in [0.4, 0.5) is 4.39 Å². The molecule has 1 aliphatic heterocycles. The number of amides is 2. The van der Waals surface area contributed by atoms with E-state index in [0.717, 1.165) is 11.6 Å². The number of halogens is 1. The van der Waals surface area contributed by atoms with Crippen LogP contribution in [0.1, 0.15) is 28.8 Å². The minimum Gasteiger partial charge on any atom is -0.352 e. The summed E-state index contributed by atoms with van der Waals surface area (Å²) in [5.74, 6) is -1.39. The average Bonchev–Trinajstić information content (AvgIpc) is 3.38. The highest BCUT2D eigenvalue weighted by molar-refractivity contribution is 7.89. The normalized spacial score (nSPS) is 22.2. The highest BCUT2D eigenvalue weighted by Gasteiger charge is 2.45. The molecule has 4 rings (SSSR count). The second-order valence-corrected chi connectivity index (χ2v) is 10.8. The largest absolute Gasteiger partial charge is 0.352 e. The fourth-order valence-corrected chi connectivity index (χ4v) is 6.45. The zero-order valence-electron chi connectivity index (χ0n) is 18.7. The summed E-state index contributed by atoms with van der Waals surface area (Å²) < 4.78 is 42.3. The van der Waals surface area contributed by atoms with Crippen molar-refractivity contribution in [2.45, 2.75) is 30.2 Å². The lowest BCUT2D eigenvalue weighted by molar-refractivity contribution is -0.117. The topological polar surface area (TPSA) is 95.6 Å². The van der Waals surface area contributed by atoms with Gasteiger partial charge in [-0.25, -0.2) is 12.8 Å². The second kappa shape index (κ2) is 10.1. The van der Waals surface area contributed by atoms with Gasteiger partial charge in [-0.2, -0.15) is 4.31 Å². The Labute approximate surface area is 199 Å². The van der Waals surface area contributed by atoms with Crippen LogP contribution in [-0.2, 0) is 21.2 Å². The van der Waals surface area contributed by atoms with Crippen molar-refractivity contribution in [1.29, 1.82) is 0 Å². The molecule has 0 radical (unpaired) electrons. The van der Waals surface area contributed by atoms with Gasteiger partial charge in [-0.05, 0) is 60.9 Å². The molecule has 1 saturated carbocycles. The number of fused-ring (bicyclic) bond motifs is 1. The first kappa shape index (κ1) is 24.1. The molecule has 2 aliphatic rings. The smallest absolute Gasteiger partial charge is 0.254 e. The molecule has 2 unspecified atom stereocenters. The molecular weight excluding hydrogens is 457 g/mol. The maximum atomic E-state index is 14.7. The van der Waals surface area contributed by atoms with Crippen molar-refractivity contribution in [2.24, 2.45) is 11.8 Å². The minimum atomic E-state index is -3.89. The second-order valence-electron chi connectivity index (χ2n) is 8.86. The predicted octanol–water partition coefficient (Wildman–Crippen LogP) is 2.50. The Balaban J connectivity index is 1.36. The van der Waals surface area contributed by atoms with Gasteiger partial charge in [-0.3, -0.25) is 9.59 Å². The average molecular weight is 486 g/mol. The molecule has 1 heterocycles. The number of nitrogens with one attached hydrogen (secondary N) is 2. The Hall–Kier alpha value is -3.04. The quantitative estimate of drug-likeness (QED) is 0.562. The molecule has 0 bridgehead atoms. The highest BCUT2D eigenvalue weighted by atomic mass is 32.2. The summed E-state index contributed by atoms with van der Waals surface area (Å²) in [5, 5.41) is 5.55. The van der Waals surface area contributed by atoms with E-state index in [1.165, 1.54) is 22.5 Å². The molecule has 180 valence electrons. The molecule has 0 aromatic heterocycles. The van der Waals surface area contributed by atoms with Crippen molar-refractivity contribution in [3.8, 4) is 0 Å². The van der Waals surface area contributed by atoms with Gasteiger partial charge in [0.15, 0.2) is 0 Å². The fourth-order valence-electron chi connectivity index (χ4n) is 4.88. The van der Waals surface area contributed by atoms with Crippen molar-refractivity contribution < 1.29 is 22.4 Å². The van der Waals surface area contributed by atoms with Crippen LogP contribution in [0.5, 0.6) is 0 Å². The van der Waals surface area contributed by atoms with E-state index in [1.54, 1.807) is 0 Å². The van der Waals surface area contributed by atoms with Crippen LogP contribution in [-0.4, -0.2) is 50.2 Å². The van der Waals surface area contributed by atoms with Crippen molar-refractivity contribution in [3.05, 3.63) is 78.1 Å². The maximum Gasteiger partial charge on any atom is 0.254 e. The fraction of sp³-hybridized carbons (Fsp3) is 0.360. The summed E-state index contributed by atoms with van der Waals surface area (Å²) in [5.41, 5.74) is 0.862. The van der Waals surface area contributed by atoms with Crippen molar-refractivity contribution in [2.75, 3.05) is 19.6 Å². The van der Waals surface area contributed by atoms with Gasteiger partial charge in [0, 0.05) is 25.7 Å². The Morgan fingerprint density at radius 2 is 1.76 bits per heavy atom. The molecule has 2 aromatic carbocycles. The van der Waals surface area contributed by atoms with E-state index in [2.05, 4.69) is 17.2 Å². The number of hydrogen-bond donors (Lipinski definition) is 2. The van der Waals surface area contributed by atoms with Gasteiger partial charge >= 0.3 is 0 Å². The number of carbonyl (C=O) groups excluding carboxylic acids is 2. The van der Waals surface area contributed by atoms with E-state index in [9.17, 15) is 22.4 Å². The lowest BCUT2D eigenvalue weighted by Crippen LogP contribution is -2.35. The Kier molecular flexibility index (Phi) is 7.13. The van der Waals surface area contributed by atoms with Crippen LogP contribution >= 0.6 is 0 Å². The monoisotopic (exact) mass is 485 g/mol. The number of rotatable bonds is 8. The number of benzene rings is 2. The third-order valence-corrected chi connectivity index (χ3v) is 8.44. The van der Waals surface area contributed by atoms with Crippen LogP contribution in [0.3, 0.4) is 0 Å². The molecule has 2 fully saturated rings. The van der Waals surface area contributed by atoms with E-state index in [-0.39, 0.29) is 34.2 Å². The lowest BCUT2D eigenvalue weighted by atomic mass is 10.0. The van der Waals surface area contributed by atoms with E-state index in [1.807, 2.05) is 30.3 Å². The maximum absolute atomic E-state index is 14.7. The number of nitrogens with zero attached hydrogens (tertiary/aromatic N) is 1. The van der Waals surface area contributed by atoms with E-state index >= 15 is 0 Å². The molecule has 7 nitrogen and oxygen atoms in total. The summed E-state index contributed by atoms with van der Waals surface area (Å²) in [6.45, 7) is 4.45. The standard InChI is InChI=1S/C25H28FN3O4S/c1-2-24(30)28-20-12-18-15-29(16-19(18)13-20)34(32,33)21-8-9-22(23(26)14-21)25(31)27-11-10-17-6-4-3-5-7-17/h2-9,14,18-20H,1,10-13,15-16H2,(H,27,31)(H,28,30). The predicted molar refractivity (Wildman–Crippen MR) is 126 cm³/mol. The van der Waals surface area contributed by atoms with Crippen LogP contribution < -0.4 is 10.6 Å². The van der Waals surface area contributed by atoms with Crippen LogP contribution in [0.15, 0.2) is 66.1 Å². The molecule has 2 amide bonds. The Morgan fingerprint density at radius 1 is 1.09 bits per heavy atom. The number of hydrogen-bond acceptors (Lipinski definition) is 4. The molecule has 2 N–H and O–H groups in total. The Morgan fingerprint density at radius 3 is 2.38 bits per heavy atom. The minimum absolute atomic E-state index is 0.0162. The van der Waals surface area contributed by atoms with Crippen molar-refractivity contribution in [1.82, 2.24) is 14.9 Å². The van der Waals surface area contributed by atoms with Crippen molar-refractivity contribution >= 4 is 21.8 Å². The molecule has 1 aliphatic carbocycles. The zero-order valence-corrected chi connectivity index (χ0v) is 19.6. The summed E-state index contributed by atoms with van der Waals surface area (Å²) >= 11 is 0. The molecule has 2 aromatic rings.